The van der Waals surface area contributed by atoms with E-state index >= 15 is 0 Å². The van der Waals surface area contributed by atoms with E-state index in [1.807, 2.05) is 30.3 Å². The maximum absolute atomic E-state index is 13.2. The van der Waals surface area contributed by atoms with Crippen LogP contribution in [0.5, 0.6) is 0 Å². The molecule has 2 aliphatic rings. The first-order valence-electron chi connectivity index (χ1n) is 11.8. The number of nitrogens with one attached hydrogen (secondary N) is 1. The van der Waals surface area contributed by atoms with Crippen molar-refractivity contribution in [1.82, 2.24) is 10.2 Å². The number of allylic oxidation sites excluding steroid dienone is 3. The maximum Gasteiger partial charge on any atom is 0.234 e. The van der Waals surface area contributed by atoms with Crippen LogP contribution in [0.4, 0.5) is 10.8 Å². The van der Waals surface area contributed by atoms with Crippen molar-refractivity contribution >= 4 is 45.6 Å². The van der Waals surface area contributed by atoms with Gasteiger partial charge in [-0.25, -0.2) is 0 Å². The standard InChI is InChI=1S/C27H21N7O2S2/c28-13-17-9-4-5-10-19(17)31-22(36)15-37-27-33-32-26(38-27)34-20-11-6-12-21(35)24(20)23(18(14-29)25(34)30)16-7-2-1-3-8-16/h1-5,7-10,23H,6,11-12,15,30H2,(H,31,36). The van der Waals surface area contributed by atoms with E-state index < -0.39 is 5.92 Å². The summed E-state index contributed by atoms with van der Waals surface area (Å²) >= 11 is 2.43. The molecule has 1 atom stereocenters. The Kier molecular flexibility index (Phi) is 7.22. The van der Waals surface area contributed by atoms with Crippen molar-refractivity contribution in [2.24, 2.45) is 5.73 Å². The first-order valence-corrected chi connectivity index (χ1v) is 13.6. The number of nitrogens with two attached hydrogens (primary N) is 1. The molecule has 0 bridgehead atoms. The van der Waals surface area contributed by atoms with Gasteiger partial charge in [0.25, 0.3) is 0 Å². The normalized spacial score (nSPS) is 17.1. The molecule has 0 fully saturated rings. The minimum atomic E-state index is -0.526. The molecular formula is C27H21N7O2S2. The number of para-hydroxylation sites is 1. The van der Waals surface area contributed by atoms with Crippen LogP contribution in [0.15, 0.2) is 81.6 Å². The van der Waals surface area contributed by atoms with E-state index in [0.29, 0.717) is 51.1 Å². The fraction of sp³-hybridized carbons (Fsp3) is 0.185. The molecule has 3 N–H and O–H groups in total. The number of thioether (sulfide) groups is 1. The second-order valence-corrected chi connectivity index (χ2v) is 10.8. The third kappa shape index (κ3) is 4.77. The van der Waals surface area contributed by atoms with Gasteiger partial charge in [-0.3, -0.25) is 14.5 Å². The minimum absolute atomic E-state index is 0.00112. The average Bonchev–Trinajstić information content (AvgIpc) is 3.40. The van der Waals surface area contributed by atoms with E-state index in [1.165, 1.54) is 23.1 Å². The van der Waals surface area contributed by atoms with Crippen molar-refractivity contribution in [1.29, 1.82) is 10.5 Å². The highest BCUT2D eigenvalue weighted by molar-refractivity contribution is 8.01. The third-order valence-corrected chi connectivity index (χ3v) is 8.32. The second-order valence-electron chi connectivity index (χ2n) is 8.57. The molecular weight excluding hydrogens is 518 g/mol. The molecule has 1 unspecified atom stereocenters. The van der Waals surface area contributed by atoms with Gasteiger partial charge in [-0.05, 0) is 30.5 Å². The highest BCUT2D eigenvalue weighted by atomic mass is 32.2. The molecule has 188 valence electrons. The van der Waals surface area contributed by atoms with Crippen molar-refractivity contribution in [3.63, 3.8) is 0 Å². The third-order valence-electron chi connectivity index (χ3n) is 6.28. The highest BCUT2D eigenvalue weighted by Crippen LogP contribution is 2.47. The number of Topliss-reactive ketones (excluding diaryl/α,β-unsaturated/α-hetero) is 1. The number of nitrogens with zero attached hydrogens (tertiary/aromatic N) is 5. The number of ketones is 1. The van der Waals surface area contributed by atoms with Crippen LogP contribution in [0.3, 0.4) is 0 Å². The van der Waals surface area contributed by atoms with Crippen molar-refractivity contribution in [2.45, 2.75) is 29.5 Å². The van der Waals surface area contributed by atoms with Crippen molar-refractivity contribution < 1.29 is 9.59 Å². The summed E-state index contributed by atoms with van der Waals surface area (Å²) in [5, 5.41) is 31.0. The summed E-state index contributed by atoms with van der Waals surface area (Å²) in [5.74, 6) is -0.521. The Bertz CT molecular complexity index is 1560. The van der Waals surface area contributed by atoms with E-state index in [1.54, 1.807) is 29.2 Å². The van der Waals surface area contributed by atoms with Crippen LogP contribution < -0.4 is 16.0 Å². The SMILES string of the molecule is N#CC1=C(N)N(c2nnc(SCC(=O)Nc3ccccc3C#N)s2)C2=C(C(=O)CCC2)C1c1ccccc1. The van der Waals surface area contributed by atoms with E-state index in [9.17, 15) is 20.1 Å². The van der Waals surface area contributed by atoms with E-state index in [0.717, 1.165) is 11.3 Å². The number of aromatic nitrogens is 2. The van der Waals surface area contributed by atoms with Gasteiger partial charge in [-0.15, -0.1) is 10.2 Å². The number of hydrogen-bond acceptors (Lipinski definition) is 10. The second kappa shape index (κ2) is 10.9. The minimum Gasteiger partial charge on any atom is -0.384 e. The first-order chi connectivity index (χ1) is 18.5. The molecule has 1 aromatic heterocycles. The predicted octanol–water partition coefficient (Wildman–Crippen LogP) is 4.45. The van der Waals surface area contributed by atoms with Crippen LogP contribution in [0, 0.1) is 22.7 Å². The largest absolute Gasteiger partial charge is 0.384 e. The summed E-state index contributed by atoms with van der Waals surface area (Å²) in [6, 6.07) is 20.5. The summed E-state index contributed by atoms with van der Waals surface area (Å²) < 4.78 is 0.532. The summed E-state index contributed by atoms with van der Waals surface area (Å²) in [4.78, 5) is 27.3. The Morgan fingerprint density at radius 1 is 1.11 bits per heavy atom. The quantitative estimate of drug-likeness (QED) is 0.433. The van der Waals surface area contributed by atoms with Gasteiger partial charge in [0.05, 0.1) is 34.6 Å². The summed E-state index contributed by atoms with van der Waals surface area (Å²) in [7, 11) is 0. The summed E-state index contributed by atoms with van der Waals surface area (Å²) in [6.45, 7) is 0. The molecule has 5 rings (SSSR count). The van der Waals surface area contributed by atoms with E-state index in [2.05, 4.69) is 27.7 Å². The van der Waals surface area contributed by atoms with Crippen molar-refractivity contribution in [3.8, 4) is 12.1 Å². The topological polar surface area (TPSA) is 149 Å². The van der Waals surface area contributed by atoms with Gasteiger partial charge in [0.2, 0.25) is 11.0 Å². The molecule has 2 aromatic carbocycles. The zero-order valence-corrected chi connectivity index (χ0v) is 21.7. The van der Waals surface area contributed by atoms with Gasteiger partial charge in [0, 0.05) is 17.7 Å². The molecule has 0 saturated carbocycles. The molecule has 2 heterocycles. The van der Waals surface area contributed by atoms with Crippen LogP contribution >= 0.6 is 23.1 Å². The fourth-order valence-corrected chi connectivity index (χ4v) is 6.32. The van der Waals surface area contributed by atoms with Gasteiger partial charge < -0.3 is 11.1 Å². The van der Waals surface area contributed by atoms with Gasteiger partial charge in [0.15, 0.2) is 10.1 Å². The van der Waals surface area contributed by atoms with Gasteiger partial charge in [-0.1, -0.05) is 65.6 Å². The lowest BCUT2D eigenvalue weighted by Crippen LogP contribution is -2.38. The van der Waals surface area contributed by atoms with Crippen LogP contribution in [0.25, 0.3) is 0 Å². The van der Waals surface area contributed by atoms with Crippen LogP contribution in [-0.4, -0.2) is 27.6 Å². The Morgan fingerprint density at radius 2 is 1.87 bits per heavy atom. The number of carbonyl (C=O) groups excluding carboxylic acids is 2. The molecule has 0 radical (unpaired) electrons. The van der Waals surface area contributed by atoms with Gasteiger partial charge in [-0.2, -0.15) is 10.5 Å². The monoisotopic (exact) mass is 539 g/mol. The fourth-order valence-electron chi connectivity index (χ4n) is 4.64. The van der Waals surface area contributed by atoms with Crippen molar-refractivity contribution in [2.75, 3.05) is 16.0 Å². The molecule has 1 aliphatic carbocycles. The van der Waals surface area contributed by atoms with Gasteiger partial charge >= 0.3 is 0 Å². The molecule has 1 aliphatic heterocycles. The number of benzene rings is 2. The van der Waals surface area contributed by atoms with Crippen LogP contribution in [0.1, 0.15) is 36.3 Å². The lowest BCUT2D eigenvalue weighted by atomic mass is 9.76. The van der Waals surface area contributed by atoms with Crippen LogP contribution in [-0.2, 0) is 9.59 Å². The summed E-state index contributed by atoms with van der Waals surface area (Å²) in [5.41, 5.74) is 9.85. The Labute approximate surface area is 227 Å². The summed E-state index contributed by atoms with van der Waals surface area (Å²) in [6.07, 6.45) is 1.71. The predicted molar refractivity (Wildman–Crippen MR) is 145 cm³/mol. The molecule has 0 saturated heterocycles. The lowest BCUT2D eigenvalue weighted by Gasteiger charge is -2.38. The molecule has 38 heavy (non-hydrogen) atoms. The maximum atomic E-state index is 13.2. The van der Waals surface area contributed by atoms with Crippen molar-refractivity contribution in [3.05, 3.63) is 88.4 Å². The highest BCUT2D eigenvalue weighted by Gasteiger charge is 2.41. The molecule has 9 nitrogen and oxygen atoms in total. The number of rotatable bonds is 6. The smallest absolute Gasteiger partial charge is 0.234 e. The number of anilines is 2. The average molecular weight is 540 g/mol. The number of nitriles is 2. The van der Waals surface area contributed by atoms with E-state index in [-0.39, 0.29) is 23.3 Å². The van der Waals surface area contributed by atoms with Gasteiger partial charge in [0.1, 0.15) is 11.9 Å². The number of hydrogen-bond donors (Lipinski definition) is 2. The lowest BCUT2D eigenvalue weighted by molar-refractivity contribution is -0.116. The number of carbonyl (C=O) groups is 2. The Balaban J connectivity index is 1.41. The zero-order valence-electron chi connectivity index (χ0n) is 20.0. The van der Waals surface area contributed by atoms with Crippen LogP contribution in [0.2, 0.25) is 0 Å². The number of amides is 1. The molecule has 0 spiro atoms. The zero-order chi connectivity index (χ0) is 26.6. The first kappa shape index (κ1) is 25.2. The van der Waals surface area contributed by atoms with E-state index in [4.69, 9.17) is 5.73 Å². The Hall–Kier alpha value is -4.45. The Morgan fingerprint density at radius 3 is 2.63 bits per heavy atom. The molecule has 3 aromatic rings. The molecule has 1 amide bonds. The molecule has 11 heteroatoms.